The molecular formula is C12H25ClN2O2. The number of halogens is 1. The standard InChI is InChI=1S/C12H24N2O2.ClH/c1-13-8-9-14-11(15)12(7-10-16-2)5-3-4-6-12;/h13H,3-10H2,1-2H3,(H,14,15);1H. The van der Waals surface area contributed by atoms with Gasteiger partial charge in [-0.2, -0.15) is 0 Å². The quantitative estimate of drug-likeness (QED) is 0.683. The molecule has 0 spiro atoms. The Morgan fingerprint density at radius 1 is 1.29 bits per heavy atom. The number of methoxy groups -OCH3 is 1. The Morgan fingerprint density at radius 2 is 1.94 bits per heavy atom. The minimum absolute atomic E-state index is 0. The molecule has 2 N–H and O–H groups in total. The van der Waals surface area contributed by atoms with Gasteiger partial charge in [0.15, 0.2) is 0 Å². The summed E-state index contributed by atoms with van der Waals surface area (Å²) in [4.78, 5) is 12.2. The van der Waals surface area contributed by atoms with Gasteiger partial charge in [-0.15, -0.1) is 12.4 Å². The molecule has 0 saturated heterocycles. The average molecular weight is 265 g/mol. The third kappa shape index (κ3) is 4.82. The third-order valence-corrected chi connectivity index (χ3v) is 3.49. The second-order valence-corrected chi connectivity index (χ2v) is 4.59. The number of ether oxygens (including phenoxy) is 1. The van der Waals surface area contributed by atoms with Gasteiger partial charge in [-0.1, -0.05) is 12.8 Å². The Morgan fingerprint density at radius 3 is 2.47 bits per heavy atom. The Bertz CT molecular complexity index is 219. The predicted molar refractivity (Wildman–Crippen MR) is 71.6 cm³/mol. The number of likely N-dealkylation sites (N-methyl/N-ethyl adjacent to an activating group) is 1. The topological polar surface area (TPSA) is 50.4 Å². The number of carbonyl (C=O) groups excluding carboxylic acids is 1. The minimum Gasteiger partial charge on any atom is -0.385 e. The maximum atomic E-state index is 12.2. The van der Waals surface area contributed by atoms with Crippen LogP contribution < -0.4 is 10.6 Å². The molecule has 1 rings (SSSR count). The molecule has 1 aliphatic carbocycles. The van der Waals surface area contributed by atoms with E-state index >= 15 is 0 Å². The maximum absolute atomic E-state index is 12.2. The highest BCUT2D eigenvalue weighted by molar-refractivity contribution is 5.85. The first kappa shape index (κ1) is 16.7. The summed E-state index contributed by atoms with van der Waals surface area (Å²) in [6, 6.07) is 0. The molecule has 1 fully saturated rings. The molecule has 0 atom stereocenters. The molecule has 17 heavy (non-hydrogen) atoms. The SMILES string of the molecule is CNCCNC(=O)C1(CCOC)CCCC1.Cl. The Kier molecular flexibility index (Phi) is 8.56. The lowest BCUT2D eigenvalue weighted by Crippen LogP contribution is -2.42. The van der Waals surface area contributed by atoms with Gasteiger partial charge >= 0.3 is 0 Å². The zero-order valence-corrected chi connectivity index (χ0v) is 11.7. The van der Waals surface area contributed by atoms with E-state index in [2.05, 4.69) is 10.6 Å². The van der Waals surface area contributed by atoms with Crippen molar-refractivity contribution in [2.45, 2.75) is 32.1 Å². The summed E-state index contributed by atoms with van der Waals surface area (Å²) in [7, 11) is 3.59. The molecule has 0 heterocycles. The largest absolute Gasteiger partial charge is 0.385 e. The van der Waals surface area contributed by atoms with Gasteiger partial charge in [0.2, 0.25) is 5.91 Å². The molecule has 4 nitrogen and oxygen atoms in total. The van der Waals surface area contributed by atoms with E-state index in [-0.39, 0.29) is 23.7 Å². The lowest BCUT2D eigenvalue weighted by atomic mass is 9.82. The van der Waals surface area contributed by atoms with E-state index in [1.54, 1.807) is 7.11 Å². The summed E-state index contributed by atoms with van der Waals surface area (Å²) in [6.45, 7) is 2.22. The first-order chi connectivity index (χ1) is 7.75. The summed E-state index contributed by atoms with van der Waals surface area (Å²) in [5.41, 5.74) is -0.149. The molecule has 0 radical (unpaired) electrons. The van der Waals surface area contributed by atoms with Crippen molar-refractivity contribution >= 4 is 18.3 Å². The smallest absolute Gasteiger partial charge is 0.226 e. The lowest BCUT2D eigenvalue weighted by molar-refractivity contribution is -0.131. The van der Waals surface area contributed by atoms with E-state index < -0.39 is 0 Å². The number of nitrogens with one attached hydrogen (secondary N) is 2. The zero-order chi connectivity index (χ0) is 11.9. The molecular weight excluding hydrogens is 240 g/mol. The van der Waals surface area contributed by atoms with Crippen LogP contribution in [0.1, 0.15) is 32.1 Å². The van der Waals surface area contributed by atoms with Crippen molar-refractivity contribution in [3.8, 4) is 0 Å². The van der Waals surface area contributed by atoms with Gasteiger partial charge in [-0.3, -0.25) is 4.79 Å². The van der Waals surface area contributed by atoms with Crippen LogP contribution in [-0.2, 0) is 9.53 Å². The summed E-state index contributed by atoms with van der Waals surface area (Å²) in [6.07, 6.45) is 5.23. The number of amides is 1. The van der Waals surface area contributed by atoms with Crippen molar-refractivity contribution in [2.75, 3.05) is 33.9 Å². The van der Waals surface area contributed by atoms with Crippen LogP contribution in [0.3, 0.4) is 0 Å². The van der Waals surface area contributed by atoms with Gasteiger partial charge in [-0.05, 0) is 26.3 Å². The van der Waals surface area contributed by atoms with E-state index in [1.807, 2.05) is 7.05 Å². The van der Waals surface area contributed by atoms with E-state index in [0.717, 1.165) is 25.8 Å². The van der Waals surface area contributed by atoms with Gasteiger partial charge < -0.3 is 15.4 Å². The summed E-state index contributed by atoms with van der Waals surface area (Å²) in [5, 5.41) is 6.05. The molecule has 0 aromatic heterocycles. The van der Waals surface area contributed by atoms with Gasteiger partial charge in [0.25, 0.3) is 0 Å². The molecule has 0 aromatic rings. The molecule has 0 aliphatic heterocycles. The molecule has 0 aromatic carbocycles. The lowest BCUT2D eigenvalue weighted by Gasteiger charge is -2.27. The Balaban J connectivity index is 0.00000256. The van der Waals surface area contributed by atoms with Gasteiger partial charge in [-0.25, -0.2) is 0 Å². The Labute approximate surface area is 110 Å². The average Bonchev–Trinajstić information content (AvgIpc) is 2.76. The van der Waals surface area contributed by atoms with Crippen LogP contribution in [0, 0.1) is 5.41 Å². The van der Waals surface area contributed by atoms with Crippen molar-refractivity contribution in [3.05, 3.63) is 0 Å². The van der Waals surface area contributed by atoms with Crippen LogP contribution in [0.4, 0.5) is 0 Å². The highest BCUT2D eigenvalue weighted by Crippen LogP contribution is 2.41. The van der Waals surface area contributed by atoms with Crippen LogP contribution in [0.2, 0.25) is 0 Å². The first-order valence-electron chi connectivity index (χ1n) is 6.17. The van der Waals surface area contributed by atoms with Crippen LogP contribution in [-0.4, -0.2) is 39.8 Å². The summed E-state index contributed by atoms with van der Waals surface area (Å²) >= 11 is 0. The van der Waals surface area contributed by atoms with Crippen molar-refractivity contribution in [3.63, 3.8) is 0 Å². The fourth-order valence-electron chi connectivity index (χ4n) is 2.43. The van der Waals surface area contributed by atoms with E-state index in [0.29, 0.717) is 13.2 Å². The molecule has 0 unspecified atom stereocenters. The monoisotopic (exact) mass is 264 g/mol. The Hall–Kier alpha value is -0.320. The normalized spacial score (nSPS) is 17.5. The molecule has 1 amide bonds. The van der Waals surface area contributed by atoms with Crippen molar-refractivity contribution in [1.29, 1.82) is 0 Å². The maximum Gasteiger partial charge on any atom is 0.226 e. The third-order valence-electron chi connectivity index (χ3n) is 3.49. The first-order valence-corrected chi connectivity index (χ1v) is 6.17. The van der Waals surface area contributed by atoms with Gasteiger partial charge in [0.05, 0.1) is 5.41 Å². The molecule has 5 heteroatoms. The van der Waals surface area contributed by atoms with Crippen molar-refractivity contribution in [1.82, 2.24) is 10.6 Å². The van der Waals surface area contributed by atoms with E-state index in [9.17, 15) is 4.79 Å². The van der Waals surface area contributed by atoms with E-state index in [4.69, 9.17) is 4.74 Å². The van der Waals surface area contributed by atoms with Gasteiger partial charge in [0, 0.05) is 26.8 Å². The fourth-order valence-corrected chi connectivity index (χ4v) is 2.43. The van der Waals surface area contributed by atoms with Crippen LogP contribution >= 0.6 is 12.4 Å². The summed E-state index contributed by atoms with van der Waals surface area (Å²) in [5.74, 6) is 0.220. The predicted octanol–water partition coefficient (Wildman–Crippen LogP) is 1.34. The number of rotatable bonds is 7. The molecule has 102 valence electrons. The van der Waals surface area contributed by atoms with Crippen molar-refractivity contribution < 1.29 is 9.53 Å². The van der Waals surface area contributed by atoms with Crippen LogP contribution in [0.5, 0.6) is 0 Å². The molecule has 1 saturated carbocycles. The second kappa shape index (κ2) is 8.72. The number of carbonyl (C=O) groups is 1. The highest BCUT2D eigenvalue weighted by atomic mass is 35.5. The highest BCUT2D eigenvalue weighted by Gasteiger charge is 2.40. The van der Waals surface area contributed by atoms with E-state index in [1.165, 1.54) is 12.8 Å². The number of hydrogen-bond acceptors (Lipinski definition) is 3. The van der Waals surface area contributed by atoms with Crippen molar-refractivity contribution in [2.24, 2.45) is 5.41 Å². The summed E-state index contributed by atoms with van der Waals surface area (Å²) < 4.78 is 5.11. The van der Waals surface area contributed by atoms with Crippen LogP contribution in [0.15, 0.2) is 0 Å². The number of hydrogen-bond donors (Lipinski definition) is 2. The fraction of sp³-hybridized carbons (Fsp3) is 0.917. The zero-order valence-electron chi connectivity index (χ0n) is 10.9. The van der Waals surface area contributed by atoms with Crippen LogP contribution in [0.25, 0.3) is 0 Å². The second-order valence-electron chi connectivity index (χ2n) is 4.59. The van der Waals surface area contributed by atoms with Gasteiger partial charge in [0.1, 0.15) is 0 Å². The minimum atomic E-state index is -0.149. The molecule has 1 aliphatic rings. The molecule has 0 bridgehead atoms.